The minimum Gasteiger partial charge on any atom is -0.376 e. The second kappa shape index (κ2) is 3.67. The molecular weight excluding hydrogens is 248 g/mol. The molecule has 2 rings (SSSR count). The van der Waals surface area contributed by atoms with Crippen molar-refractivity contribution in [3.8, 4) is 0 Å². The van der Waals surface area contributed by atoms with Crippen LogP contribution < -0.4 is 5.73 Å². The maximum absolute atomic E-state index is 11.1. The number of aromatic nitrogens is 1. The highest BCUT2D eigenvalue weighted by Gasteiger charge is 2.26. The van der Waals surface area contributed by atoms with Crippen LogP contribution >= 0.6 is 15.9 Å². The van der Waals surface area contributed by atoms with Crippen LogP contribution in [-0.2, 0) is 16.1 Å². The van der Waals surface area contributed by atoms with Gasteiger partial charge in [0.1, 0.15) is 0 Å². The number of carbonyl (C=O) groups excluding carboxylic acids is 1. The zero-order valence-corrected chi connectivity index (χ0v) is 8.95. The van der Waals surface area contributed by atoms with Gasteiger partial charge in [0.05, 0.1) is 19.1 Å². The summed E-state index contributed by atoms with van der Waals surface area (Å²) < 4.78 is 6.15. The first kappa shape index (κ1) is 9.61. The number of primary amides is 1. The van der Waals surface area contributed by atoms with Gasteiger partial charge in [-0.25, -0.2) is 0 Å². The summed E-state index contributed by atoms with van der Waals surface area (Å²) in [6, 6.07) is 0. The van der Waals surface area contributed by atoms with Gasteiger partial charge in [-0.15, -0.1) is 0 Å². The van der Waals surface area contributed by atoms with E-state index in [4.69, 9.17) is 10.5 Å². The second-order valence-corrected chi connectivity index (χ2v) is 4.01. The lowest BCUT2D eigenvalue weighted by Crippen LogP contribution is -2.29. The summed E-state index contributed by atoms with van der Waals surface area (Å²) in [5.41, 5.74) is 7.11. The van der Waals surface area contributed by atoms with Crippen molar-refractivity contribution < 1.29 is 9.53 Å². The summed E-state index contributed by atoms with van der Waals surface area (Å²) >= 11 is 3.36. The molecule has 74 valence electrons. The summed E-state index contributed by atoms with van der Waals surface area (Å²) in [7, 11) is 0. The van der Waals surface area contributed by atoms with Crippen LogP contribution in [0.3, 0.4) is 0 Å². The monoisotopic (exact) mass is 256 g/mol. The number of nitrogens with zero attached hydrogens (tertiary/aromatic N) is 1. The van der Waals surface area contributed by atoms with Crippen LogP contribution in [0.25, 0.3) is 0 Å². The van der Waals surface area contributed by atoms with E-state index >= 15 is 0 Å². The van der Waals surface area contributed by atoms with Gasteiger partial charge in [0.15, 0.2) is 0 Å². The van der Waals surface area contributed by atoms with E-state index in [1.165, 1.54) is 0 Å². The number of ether oxygens (including phenoxy) is 1. The lowest BCUT2D eigenvalue weighted by atomic mass is 9.94. The number of hydrogen-bond donors (Lipinski definition) is 1. The van der Waals surface area contributed by atoms with E-state index in [0.29, 0.717) is 13.2 Å². The van der Waals surface area contributed by atoms with Crippen LogP contribution in [0.1, 0.15) is 17.0 Å². The molecule has 0 saturated heterocycles. The summed E-state index contributed by atoms with van der Waals surface area (Å²) in [4.78, 5) is 15.1. The first-order valence-corrected chi connectivity index (χ1v) is 4.99. The number of fused-ring (bicyclic) bond motifs is 1. The third-order valence-corrected chi connectivity index (χ3v) is 2.97. The Morgan fingerprint density at radius 2 is 2.43 bits per heavy atom. The minimum absolute atomic E-state index is 0.348. The minimum atomic E-state index is -0.372. The van der Waals surface area contributed by atoms with E-state index in [0.717, 1.165) is 15.6 Å². The molecule has 2 heterocycles. The van der Waals surface area contributed by atoms with Gasteiger partial charge < -0.3 is 10.5 Å². The average molecular weight is 257 g/mol. The van der Waals surface area contributed by atoms with E-state index in [-0.39, 0.29) is 11.8 Å². The van der Waals surface area contributed by atoms with Crippen LogP contribution in [0.5, 0.6) is 0 Å². The van der Waals surface area contributed by atoms with Gasteiger partial charge in [0, 0.05) is 16.9 Å². The molecule has 1 unspecified atom stereocenters. The van der Waals surface area contributed by atoms with Crippen LogP contribution in [0.2, 0.25) is 0 Å². The first-order chi connectivity index (χ1) is 6.70. The number of halogens is 1. The van der Waals surface area contributed by atoms with E-state index < -0.39 is 0 Å². The van der Waals surface area contributed by atoms with Crippen molar-refractivity contribution in [1.29, 1.82) is 0 Å². The Morgan fingerprint density at radius 3 is 3.14 bits per heavy atom. The molecule has 0 aromatic carbocycles. The van der Waals surface area contributed by atoms with Crippen LogP contribution in [0, 0.1) is 0 Å². The third-order valence-electron chi connectivity index (χ3n) is 2.29. The fourth-order valence-electron chi connectivity index (χ4n) is 1.53. The lowest BCUT2D eigenvalue weighted by Gasteiger charge is -2.23. The molecule has 0 fully saturated rings. The molecule has 0 saturated carbocycles. The predicted octanol–water partition coefficient (Wildman–Crippen LogP) is 0.943. The van der Waals surface area contributed by atoms with Crippen molar-refractivity contribution in [2.24, 2.45) is 5.73 Å². The van der Waals surface area contributed by atoms with Gasteiger partial charge in [-0.05, 0) is 27.1 Å². The predicted molar refractivity (Wildman–Crippen MR) is 53.5 cm³/mol. The highest BCUT2D eigenvalue weighted by Crippen LogP contribution is 2.30. The van der Waals surface area contributed by atoms with Gasteiger partial charge >= 0.3 is 0 Å². The molecule has 2 N–H and O–H groups in total. The number of hydrogen-bond acceptors (Lipinski definition) is 3. The van der Waals surface area contributed by atoms with Gasteiger partial charge in [-0.3, -0.25) is 9.78 Å². The Balaban J connectivity index is 2.49. The van der Waals surface area contributed by atoms with Crippen molar-refractivity contribution in [2.45, 2.75) is 12.5 Å². The third kappa shape index (κ3) is 1.53. The Morgan fingerprint density at radius 1 is 1.64 bits per heavy atom. The van der Waals surface area contributed by atoms with Gasteiger partial charge in [0.2, 0.25) is 5.91 Å². The number of amides is 1. The van der Waals surface area contributed by atoms with E-state index in [1.807, 2.05) is 0 Å². The van der Waals surface area contributed by atoms with Crippen LogP contribution in [0.15, 0.2) is 16.9 Å². The largest absolute Gasteiger partial charge is 0.376 e. The summed E-state index contributed by atoms with van der Waals surface area (Å²) in [5, 5.41) is 0. The number of nitrogens with two attached hydrogens (primary N) is 1. The van der Waals surface area contributed by atoms with Gasteiger partial charge in [-0.1, -0.05) is 0 Å². The highest BCUT2D eigenvalue weighted by atomic mass is 79.9. The fraction of sp³-hybridized carbons (Fsp3) is 0.333. The smallest absolute Gasteiger partial charge is 0.227 e. The molecule has 14 heavy (non-hydrogen) atoms. The van der Waals surface area contributed by atoms with Crippen molar-refractivity contribution in [3.63, 3.8) is 0 Å². The maximum Gasteiger partial charge on any atom is 0.227 e. The zero-order valence-electron chi connectivity index (χ0n) is 7.37. The van der Waals surface area contributed by atoms with E-state index in [2.05, 4.69) is 20.9 Å². The Hall–Kier alpha value is -0.940. The number of pyridine rings is 1. The van der Waals surface area contributed by atoms with Crippen LogP contribution in [-0.4, -0.2) is 17.5 Å². The van der Waals surface area contributed by atoms with Gasteiger partial charge in [0.25, 0.3) is 0 Å². The molecule has 1 aromatic heterocycles. The molecule has 0 aliphatic carbocycles. The van der Waals surface area contributed by atoms with Crippen molar-refractivity contribution in [3.05, 3.63) is 28.0 Å². The SMILES string of the molecule is NC(=O)C1COCc2c(Br)cncc21. The van der Waals surface area contributed by atoms with E-state index in [1.54, 1.807) is 12.4 Å². The molecule has 0 bridgehead atoms. The first-order valence-electron chi connectivity index (χ1n) is 4.19. The summed E-state index contributed by atoms with van der Waals surface area (Å²) in [5.74, 6) is -0.741. The molecule has 4 nitrogen and oxygen atoms in total. The average Bonchev–Trinajstić information content (AvgIpc) is 2.17. The molecule has 0 radical (unpaired) electrons. The quantitative estimate of drug-likeness (QED) is 0.814. The Labute approximate surface area is 89.6 Å². The molecule has 0 spiro atoms. The Bertz CT molecular complexity index is 381. The molecular formula is C9H9BrN2O2. The van der Waals surface area contributed by atoms with Crippen molar-refractivity contribution >= 4 is 21.8 Å². The van der Waals surface area contributed by atoms with Gasteiger partial charge in [-0.2, -0.15) is 0 Å². The molecule has 1 aliphatic heterocycles. The highest BCUT2D eigenvalue weighted by molar-refractivity contribution is 9.10. The number of rotatable bonds is 1. The topological polar surface area (TPSA) is 65.2 Å². The van der Waals surface area contributed by atoms with Crippen molar-refractivity contribution in [2.75, 3.05) is 6.61 Å². The fourth-order valence-corrected chi connectivity index (χ4v) is 1.99. The maximum atomic E-state index is 11.1. The molecule has 1 aromatic rings. The van der Waals surface area contributed by atoms with Crippen molar-refractivity contribution in [1.82, 2.24) is 4.98 Å². The number of carbonyl (C=O) groups is 1. The zero-order chi connectivity index (χ0) is 10.1. The normalized spacial score (nSPS) is 20.2. The molecule has 1 amide bonds. The summed E-state index contributed by atoms with van der Waals surface area (Å²) in [6.45, 7) is 0.850. The molecule has 1 atom stereocenters. The molecule has 1 aliphatic rings. The second-order valence-electron chi connectivity index (χ2n) is 3.16. The van der Waals surface area contributed by atoms with Crippen LogP contribution in [0.4, 0.5) is 0 Å². The lowest BCUT2D eigenvalue weighted by molar-refractivity contribution is -0.121. The van der Waals surface area contributed by atoms with E-state index in [9.17, 15) is 4.79 Å². The summed E-state index contributed by atoms with van der Waals surface area (Å²) in [6.07, 6.45) is 3.36. The Kier molecular flexibility index (Phi) is 2.52. The standard InChI is InChI=1S/C9H9BrN2O2/c10-8-2-12-1-5-6(8)3-14-4-7(5)9(11)13/h1-2,7H,3-4H2,(H2,11,13). The molecule has 5 heteroatoms.